The highest BCUT2D eigenvalue weighted by molar-refractivity contribution is 6.02. The summed E-state index contributed by atoms with van der Waals surface area (Å²) in [6, 6.07) is 16.3. The Morgan fingerprint density at radius 2 is 1.88 bits per heavy atom. The van der Waals surface area contributed by atoms with Crippen molar-refractivity contribution in [3.05, 3.63) is 71.8 Å². The molecule has 122 valence electrons. The third-order valence-electron chi connectivity index (χ3n) is 3.84. The van der Waals surface area contributed by atoms with E-state index < -0.39 is 18.0 Å². The molecule has 3 rings (SSSR count). The minimum Gasteiger partial charge on any atom is -0.496 e. The lowest BCUT2D eigenvalue weighted by Crippen LogP contribution is -2.32. The molecular weight excluding hydrogens is 306 g/mol. The summed E-state index contributed by atoms with van der Waals surface area (Å²) in [5.74, 6) is 0.238. The van der Waals surface area contributed by atoms with Crippen molar-refractivity contribution in [2.45, 2.75) is 6.04 Å². The van der Waals surface area contributed by atoms with Gasteiger partial charge in [0.15, 0.2) is 0 Å². The Hall–Kier alpha value is -3.08. The van der Waals surface area contributed by atoms with Gasteiger partial charge in [-0.1, -0.05) is 48.5 Å². The summed E-state index contributed by atoms with van der Waals surface area (Å²) in [6.07, 6.45) is 2.37. The zero-order chi connectivity index (χ0) is 16.9. The van der Waals surface area contributed by atoms with Crippen molar-refractivity contribution in [2.75, 3.05) is 13.7 Å². The Bertz CT molecular complexity index is 770. The lowest BCUT2D eigenvalue weighted by molar-refractivity contribution is -0.124. The van der Waals surface area contributed by atoms with Crippen molar-refractivity contribution in [3.8, 4) is 5.75 Å². The zero-order valence-electron chi connectivity index (χ0n) is 13.2. The van der Waals surface area contributed by atoms with Gasteiger partial charge >= 0.3 is 6.09 Å². The predicted octanol–water partition coefficient (Wildman–Crippen LogP) is 3.43. The average molecular weight is 323 g/mol. The molecule has 1 aliphatic heterocycles. The number of carbonyl (C=O) groups excluding carboxylic acids is 2. The van der Waals surface area contributed by atoms with Crippen LogP contribution < -0.4 is 4.74 Å². The number of amides is 2. The molecule has 24 heavy (non-hydrogen) atoms. The second kappa shape index (κ2) is 7.00. The number of carbonyl (C=O) groups is 2. The molecule has 2 aromatic carbocycles. The van der Waals surface area contributed by atoms with Crippen LogP contribution in [-0.2, 0) is 9.53 Å². The molecule has 0 aliphatic carbocycles. The Morgan fingerprint density at radius 1 is 1.17 bits per heavy atom. The highest BCUT2D eigenvalue weighted by Crippen LogP contribution is 2.28. The third-order valence-corrected chi connectivity index (χ3v) is 3.84. The van der Waals surface area contributed by atoms with Gasteiger partial charge in [-0.15, -0.1) is 0 Å². The number of cyclic esters (lactones) is 1. The summed E-state index contributed by atoms with van der Waals surface area (Å²) in [5, 5.41) is 0. The topological polar surface area (TPSA) is 55.8 Å². The quantitative estimate of drug-likeness (QED) is 0.809. The van der Waals surface area contributed by atoms with E-state index in [9.17, 15) is 9.59 Å². The lowest BCUT2D eigenvalue weighted by Gasteiger charge is -2.18. The molecule has 0 N–H and O–H groups in total. The molecule has 5 heteroatoms. The molecule has 0 unspecified atom stereocenters. The van der Waals surface area contributed by atoms with Gasteiger partial charge in [0.05, 0.1) is 7.11 Å². The van der Waals surface area contributed by atoms with Crippen LogP contribution in [0.4, 0.5) is 4.79 Å². The summed E-state index contributed by atoms with van der Waals surface area (Å²) in [6.45, 7) is 0.164. The highest BCUT2D eigenvalue weighted by atomic mass is 16.6. The number of hydrogen-bond acceptors (Lipinski definition) is 4. The maximum atomic E-state index is 12.5. The molecule has 0 bridgehead atoms. The molecule has 1 fully saturated rings. The molecule has 1 heterocycles. The average Bonchev–Trinajstić information content (AvgIpc) is 3.02. The number of ether oxygens (including phenoxy) is 2. The number of rotatable bonds is 4. The van der Waals surface area contributed by atoms with Crippen LogP contribution in [0.15, 0.2) is 60.7 Å². The molecule has 0 radical (unpaired) electrons. The number of imide groups is 1. The Labute approximate surface area is 140 Å². The molecule has 0 aromatic heterocycles. The SMILES string of the molecule is COc1ccccc1/C=C/C(=O)N1C(=O)OC[C@@H]1c1ccccc1. The maximum Gasteiger partial charge on any atom is 0.417 e. The van der Waals surface area contributed by atoms with Gasteiger partial charge in [0, 0.05) is 11.6 Å². The van der Waals surface area contributed by atoms with Gasteiger partial charge in [-0.05, 0) is 17.7 Å². The van der Waals surface area contributed by atoms with E-state index in [1.807, 2.05) is 48.5 Å². The van der Waals surface area contributed by atoms with Crippen LogP contribution in [0.5, 0.6) is 5.75 Å². The van der Waals surface area contributed by atoms with Crippen molar-refractivity contribution >= 4 is 18.1 Å². The van der Waals surface area contributed by atoms with Gasteiger partial charge in [0.25, 0.3) is 5.91 Å². The summed E-state index contributed by atoms with van der Waals surface area (Å²) in [7, 11) is 1.57. The van der Waals surface area contributed by atoms with Crippen LogP contribution in [0, 0.1) is 0 Å². The molecule has 1 aliphatic rings. The van der Waals surface area contributed by atoms with Crippen LogP contribution in [0.3, 0.4) is 0 Å². The first-order chi connectivity index (χ1) is 11.7. The Kier molecular flexibility index (Phi) is 4.61. The molecule has 2 aromatic rings. The summed E-state index contributed by atoms with van der Waals surface area (Å²) >= 11 is 0. The number of hydrogen-bond donors (Lipinski definition) is 0. The first-order valence-electron chi connectivity index (χ1n) is 7.56. The largest absolute Gasteiger partial charge is 0.496 e. The molecule has 0 spiro atoms. The first-order valence-corrected chi connectivity index (χ1v) is 7.56. The summed E-state index contributed by atoms with van der Waals surface area (Å²) in [4.78, 5) is 25.6. The maximum absolute atomic E-state index is 12.5. The molecule has 5 nitrogen and oxygen atoms in total. The second-order valence-electron chi connectivity index (χ2n) is 5.29. The number of nitrogens with zero attached hydrogens (tertiary/aromatic N) is 1. The van der Waals surface area contributed by atoms with Gasteiger partial charge in [0.1, 0.15) is 18.4 Å². The normalized spacial score (nSPS) is 17.1. The van der Waals surface area contributed by atoms with Gasteiger partial charge in [-0.3, -0.25) is 4.79 Å². The lowest BCUT2D eigenvalue weighted by atomic mass is 10.1. The summed E-state index contributed by atoms with van der Waals surface area (Å²) in [5.41, 5.74) is 1.62. The van der Waals surface area contributed by atoms with E-state index in [1.54, 1.807) is 19.3 Å². The van der Waals surface area contributed by atoms with Gasteiger partial charge in [-0.2, -0.15) is 0 Å². The fourth-order valence-corrected chi connectivity index (χ4v) is 2.63. The van der Waals surface area contributed by atoms with Crippen LogP contribution >= 0.6 is 0 Å². The zero-order valence-corrected chi connectivity index (χ0v) is 13.2. The van der Waals surface area contributed by atoms with Crippen molar-refractivity contribution in [1.82, 2.24) is 4.90 Å². The smallest absolute Gasteiger partial charge is 0.417 e. The molecule has 0 saturated carbocycles. The van der Waals surface area contributed by atoms with Crippen LogP contribution in [0.2, 0.25) is 0 Å². The van der Waals surface area contributed by atoms with Crippen LogP contribution in [-0.4, -0.2) is 30.6 Å². The predicted molar refractivity (Wildman–Crippen MR) is 89.4 cm³/mol. The van der Waals surface area contributed by atoms with Crippen molar-refractivity contribution in [2.24, 2.45) is 0 Å². The molecule has 1 saturated heterocycles. The molecule has 1 atom stereocenters. The number of benzene rings is 2. The third kappa shape index (κ3) is 3.15. The number of methoxy groups -OCH3 is 1. The fraction of sp³-hybridized carbons (Fsp3) is 0.158. The van der Waals surface area contributed by atoms with Crippen LogP contribution in [0.1, 0.15) is 17.2 Å². The number of para-hydroxylation sites is 1. The first kappa shape index (κ1) is 15.8. The minimum atomic E-state index is -0.626. The van der Waals surface area contributed by atoms with E-state index in [0.29, 0.717) is 5.75 Å². The Balaban J connectivity index is 1.82. The van der Waals surface area contributed by atoms with Crippen molar-refractivity contribution in [3.63, 3.8) is 0 Å². The van der Waals surface area contributed by atoms with E-state index in [4.69, 9.17) is 9.47 Å². The fourth-order valence-electron chi connectivity index (χ4n) is 2.63. The minimum absolute atomic E-state index is 0.164. The standard InChI is InChI=1S/C19H17NO4/c1-23-17-10-6-5-9-15(17)11-12-18(21)20-16(13-24-19(20)22)14-7-3-2-4-8-14/h2-12,16H,13H2,1H3/b12-11+/t16-/m1/s1. The van der Waals surface area contributed by atoms with E-state index in [2.05, 4.69) is 0 Å². The van der Waals surface area contributed by atoms with Crippen LogP contribution in [0.25, 0.3) is 6.08 Å². The molecule has 2 amide bonds. The monoisotopic (exact) mass is 323 g/mol. The van der Waals surface area contributed by atoms with E-state index in [0.717, 1.165) is 16.0 Å². The molecular formula is C19H17NO4. The van der Waals surface area contributed by atoms with Crippen molar-refractivity contribution < 1.29 is 19.1 Å². The van der Waals surface area contributed by atoms with Gasteiger partial charge in [0.2, 0.25) is 0 Å². The van der Waals surface area contributed by atoms with E-state index in [-0.39, 0.29) is 6.61 Å². The summed E-state index contributed by atoms with van der Waals surface area (Å²) < 4.78 is 10.3. The van der Waals surface area contributed by atoms with Crippen molar-refractivity contribution in [1.29, 1.82) is 0 Å². The second-order valence-corrected chi connectivity index (χ2v) is 5.29. The van der Waals surface area contributed by atoms with Gasteiger partial charge in [-0.25, -0.2) is 9.69 Å². The Morgan fingerprint density at radius 3 is 2.62 bits per heavy atom. The van der Waals surface area contributed by atoms with E-state index in [1.165, 1.54) is 6.08 Å². The van der Waals surface area contributed by atoms with E-state index >= 15 is 0 Å². The highest BCUT2D eigenvalue weighted by Gasteiger charge is 2.37. The van der Waals surface area contributed by atoms with Gasteiger partial charge < -0.3 is 9.47 Å².